The third kappa shape index (κ3) is 1.67. The van der Waals surface area contributed by atoms with E-state index in [9.17, 15) is 9.59 Å². The van der Waals surface area contributed by atoms with Crippen molar-refractivity contribution in [2.45, 2.75) is 78.6 Å². The third-order valence-electron chi connectivity index (χ3n) is 8.79. The van der Waals surface area contributed by atoms with Crippen LogP contribution in [-0.4, -0.2) is 11.6 Å². The highest BCUT2D eigenvalue weighted by atomic mass is 16.1. The Morgan fingerprint density at radius 2 is 1.59 bits per heavy atom. The molecule has 0 amide bonds. The van der Waals surface area contributed by atoms with Gasteiger partial charge in [-0.05, 0) is 67.1 Å². The summed E-state index contributed by atoms with van der Waals surface area (Å²) in [5, 5.41) is 0. The van der Waals surface area contributed by atoms with Crippen LogP contribution in [0.25, 0.3) is 0 Å². The Morgan fingerprint density at radius 1 is 0.818 bits per heavy atom. The van der Waals surface area contributed by atoms with Gasteiger partial charge in [-0.2, -0.15) is 0 Å². The van der Waals surface area contributed by atoms with E-state index in [4.69, 9.17) is 0 Å². The van der Waals surface area contributed by atoms with Gasteiger partial charge in [0.15, 0.2) is 0 Å². The van der Waals surface area contributed by atoms with E-state index in [2.05, 4.69) is 20.8 Å². The van der Waals surface area contributed by atoms with Crippen molar-refractivity contribution in [3.8, 4) is 0 Å². The van der Waals surface area contributed by atoms with Crippen LogP contribution in [0.4, 0.5) is 0 Å². The average Bonchev–Trinajstić information content (AvgIpc) is 2.77. The van der Waals surface area contributed by atoms with Crippen LogP contribution in [0.3, 0.4) is 0 Å². The van der Waals surface area contributed by atoms with Crippen LogP contribution in [0.15, 0.2) is 0 Å². The molecule has 0 N–H and O–H groups in total. The van der Waals surface area contributed by atoms with Gasteiger partial charge in [-0.3, -0.25) is 9.59 Å². The molecule has 0 aromatic rings. The van der Waals surface area contributed by atoms with Gasteiger partial charge >= 0.3 is 0 Å². The molecule has 122 valence electrons. The Bertz CT molecular complexity index is 538. The van der Waals surface area contributed by atoms with E-state index in [0.717, 1.165) is 44.4 Å². The lowest BCUT2D eigenvalue weighted by Crippen LogP contribution is -2.58. The molecule has 0 bridgehead atoms. The van der Waals surface area contributed by atoms with Crippen molar-refractivity contribution in [3.05, 3.63) is 0 Å². The highest BCUT2D eigenvalue weighted by Gasteiger charge is 2.65. The molecule has 0 saturated heterocycles. The van der Waals surface area contributed by atoms with Crippen molar-refractivity contribution in [3.63, 3.8) is 0 Å². The zero-order valence-corrected chi connectivity index (χ0v) is 14.4. The summed E-state index contributed by atoms with van der Waals surface area (Å²) < 4.78 is 0. The Morgan fingerprint density at radius 3 is 2.36 bits per heavy atom. The number of rotatable bonds is 0. The third-order valence-corrected chi connectivity index (χ3v) is 8.79. The van der Waals surface area contributed by atoms with Crippen molar-refractivity contribution in [2.24, 2.45) is 34.0 Å². The molecule has 0 aromatic heterocycles. The molecule has 2 heteroatoms. The first kappa shape index (κ1) is 14.9. The van der Waals surface area contributed by atoms with E-state index in [1.54, 1.807) is 0 Å². The SMILES string of the molecule is C[C@]12CCC(=O)C[C@@H]1CC[C@]1(C)[C@@H]2CC[C@]2(C)C(=O)CC[C@@H]12. The monoisotopic (exact) mass is 302 g/mol. The molecule has 0 radical (unpaired) electrons. The maximum absolute atomic E-state index is 12.5. The van der Waals surface area contributed by atoms with E-state index in [1.165, 1.54) is 19.3 Å². The second-order valence-electron chi connectivity index (χ2n) is 9.51. The number of fused-ring (bicyclic) bond motifs is 5. The van der Waals surface area contributed by atoms with Crippen molar-refractivity contribution in [1.82, 2.24) is 0 Å². The first-order valence-corrected chi connectivity index (χ1v) is 9.36. The summed E-state index contributed by atoms with van der Waals surface area (Å²) in [5.41, 5.74) is 0.623. The smallest absolute Gasteiger partial charge is 0.139 e. The lowest BCUT2D eigenvalue weighted by atomic mass is 9.40. The number of hydrogen-bond donors (Lipinski definition) is 0. The number of ketones is 2. The molecule has 0 heterocycles. The van der Waals surface area contributed by atoms with Crippen LogP contribution in [0, 0.1) is 34.0 Å². The highest BCUT2D eigenvalue weighted by molar-refractivity contribution is 5.87. The fraction of sp³-hybridized carbons (Fsp3) is 0.900. The van der Waals surface area contributed by atoms with Crippen LogP contribution in [0.2, 0.25) is 0 Å². The van der Waals surface area contributed by atoms with Gasteiger partial charge in [-0.15, -0.1) is 0 Å². The number of carbonyl (C=O) groups is 2. The molecule has 0 unspecified atom stereocenters. The quantitative estimate of drug-likeness (QED) is 0.657. The molecule has 4 aliphatic carbocycles. The highest BCUT2D eigenvalue weighted by Crippen LogP contribution is 2.70. The van der Waals surface area contributed by atoms with Crippen molar-refractivity contribution in [1.29, 1.82) is 0 Å². The normalized spacial score (nSPS) is 54.6. The van der Waals surface area contributed by atoms with Crippen molar-refractivity contribution >= 4 is 11.6 Å². The summed E-state index contributed by atoms with van der Waals surface area (Å²) >= 11 is 0. The van der Waals surface area contributed by atoms with Crippen molar-refractivity contribution in [2.75, 3.05) is 0 Å². The molecular formula is C20H30O2. The fourth-order valence-corrected chi connectivity index (χ4v) is 7.49. The fourth-order valence-electron chi connectivity index (χ4n) is 7.49. The summed E-state index contributed by atoms with van der Waals surface area (Å²) in [6, 6.07) is 0. The molecule has 0 aliphatic heterocycles. The van der Waals surface area contributed by atoms with Gasteiger partial charge in [-0.1, -0.05) is 20.8 Å². The topological polar surface area (TPSA) is 34.1 Å². The summed E-state index contributed by atoms with van der Waals surface area (Å²) in [5.74, 6) is 2.93. The van der Waals surface area contributed by atoms with E-state index in [-0.39, 0.29) is 5.41 Å². The largest absolute Gasteiger partial charge is 0.300 e. The van der Waals surface area contributed by atoms with Gasteiger partial charge in [0.05, 0.1) is 0 Å². The predicted molar refractivity (Wildman–Crippen MR) is 86.4 cm³/mol. The first-order chi connectivity index (χ1) is 10.3. The van der Waals surface area contributed by atoms with Gasteiger partial charge in [-0.25, -0.2) is 0 Å². The van der Waals surface area contributed by atoms with E-state index >= 15 is 0 Å². The molecule has 4 rings (SSSR count). The number of carbonyl (C=O) groups excluding carboxylic acids is 2. The molecule has 0 spiro atoms. The van der Waals surface area contributed by atoms with Gasteiger partial charge in [0.1, 0.15) is 11.6 Å². The lowest BCUT2D eigenvalue weighted by molar-refractivity contribution is -0.168. The number of hydrogen-bond acceptors (Lipinski definition) is 2. The molecule has 4 saturated carbocycles. The average molecular weight is 302 g/mol. The Labute approximate surface area is 134 Å². The maximum Gasteiger partial charge on any atom is 0.139 e. The Hall–Kier alpha value is -0.660. The minimum absolute atomic E-state index is 0.0427. The summed E-state index contributed by atoms with van der Waals surface area (Å²) in [6.07, 6.45) is 9.36. The summed E-state index contributed by atoms with van der Waals surface area (Å²) in [6.45, 7) is 7.23. The Kier molecular flexibility index (Phi) is 3.02. The molecule has 0 aromatic carbocycles. The van der Waals surface area contributed by atoms with E-state index in [0.29, 0.717) is 34.2 Å². The summed E-state index contributed by atoms with van der Waals surface area (Å²) in [7, 11) is 0. The Balaban J connectivity index is 1.72. The molecular weight excluding hydrogens is 272 g/mol. The second kappa shape index (κ2) is 4.45. The minimum atomic E-state index is -0.0427. The van der Waals surface area contributed by atoms with Crippen LogP contribution >= 0.6 is 0 Å². The standard InChI is InChI=1S/C20H30O2/c1-18-10-7-14(21)12-13(18)6-9-19(2)15-4-5-17(22)20(15,3)11-8-16(18)19/h13,15-16H,4-12H2,1-3H3/t13-,15-,16+,18-,19-,20-/m0/s1. The molecule has 2 nitrogen and oxygen atoms in total. The predicted octanol–water partition coefficient (Wildman–Crippen LogP) is 4.56. The minimum Gasteiger partial charge on any atom is -0.300 e. The summed E-state index contributed by atoms with van der Waals surface area (Å²) in [4.78, 5) is 24.4. The van der Waals surface area contributed by atoms with Crippen LogP contribution in [-0.2, 0) is 9.59 Å². The first-order valence-electron chi connectivity index (χ1n) is 9.36. The van der Waals surface area contributed by atoms with Gasteiger partial charge in [0.25, 0.3) is 0 Å². The second-order valence-corrected chi connectivity index (χ2v) is 9.51. The van der Waals surface area contributed by atoms with Crippen molar-refractivity contribution < 1.29 is 9.59 Å². The molecule has 22 heavy (non-hydrogen) atoms. The zero-order chi connectivity index (χ0) is 15.8. The molecule has 4 aliphatic rings. The molecule has 6 atom stereocenters. The molecule has 4 fully saturated rings. The number of Topliss-reactive ketones (excluding diaryl/α,β-unsaturated/α-hetero) is 2. The lowest BCUT2D eigenvalue weighted by Gasteiger charge is -2.64. The van der Waals surface area contributed by atoms with Gasteiger partial charge in [0.2, 0.25) is 0 Å². The van der Waals surface area contributed by atoms with Gasteiger partial charge in [0, 0.05) is 24.7 Å². The van der Waals surface area contributed by atoms with Gasteiger partial charge < -0.3 is 0 Å². The van der Waals surface area contributed by atoms with Crippen LogP contribution in [0.5, 0.6) is 0 Å². The van der Waals surface area contributed by atoms with E-state index < -0.39 is 0 Å². The maximum atomic E-state index is 12.5. The van der Waals surface area contributed by atoms with E-state index in [1.807, 2.05) is 0 Å². The zero-order valence-electron chi connectivity index (χ0n) is 14.4. The van der Waals surface area contributed by atoms with Crippen LogP contribution < -0.4 is 0 Å². The van der Waals surface area contributed by atoms with Crippen LogP contribution in [0.1, 0.15) is 78.6 Å².